The van der Waals surface area contributed by atoms with E-state index in [9.17, 15) is 8.42 Å². The molecule has 0 radical (unpaired) electrons. The zero-order valence-corrected chi connectivity index (χ0v) is 10.1. The van der Waals surface area contributed by atoms with E-state index in [1.165, 1.54) is 0 Å². The van der Waals surface area contributed by atoms with E-state index in [-0.39, 0.29) is 10.6 Å². The van der Waals surface area contributed by atoms with E-state index in [1.54, 1.807) is 6.07 Å². The van der Waals surface area contributed by atoms with Crippen LogP contribution in [-0.2, 0) is 22.7 Å². The predicted octanol–water partition coefficient (Wildman–Crippen LogP) is 1.75. The van der Waals surface area contributed by atoms with Crippen LogP contribution < -0.4 is 0 Å². The second-order valence-corrected chi connectivity index (χ2v) is 5.79. The van der Waals surface area contributed by atoms with Gasteiger partial charge in [0, 0.05) is 11.1 Å². The van der Waals surface area contributed by atoms with Crippen molar-refractivity contribution in [3.8, 4) is 6.07 Å². The first-order chi connectivity index (χ1) is 8.08. The molecule has 1 heterocycles. The second kappa shape index (κ2) is 4.30. The van der Waals surface area contributed by atoms with E-state index < -0.39 is 9.84 Å². The number of sulfone groups is 1. The van der Waals surface area contributed by atoms with Gasteiger partial charge in [0.25, 0.3) is 0 Å². The summed E-state index contributed by atoms with van der Waals surface area (Å²) in [5.41, 5.74) is 1.91. The lowest BCUT2D eigenvalue weighted by Crippen LogP contribution is -2.11. The average Bonchev–Trinajstić information content (AvgIpc) is 2.37. The maximum atomic E-state index is 11.7. The van der Waals surface area contributed by atoms with Crippen LogP contribution in [0, 0.1) is 11.3 Å². The molecule has 88 valence electrons. The number of hydrogen-bond acceptors (Lipinski definition) is 4. The molecular weight excluding hydrogens is 236 g/mol. The first-order valence-corrected chi connectivity index (χ1v) is 6.93. The Morgan fingerprint density at radius 3 is 2.76 bits per heavy atom. The molecule has 17 heavy (non-hydrogen) atoms. The maximum Gasteiger partial charge on any atom is 0.217 e. The van der Waals surface area contributed by atoms with Crippen LogP contribution in [-0.4, -0.2) is 13.4 Å². The van der Waals surface area contributed by atoms with Crippen LogP contribution >= 0.6 is 0 Å². The van der Waals surface area contributed by atoms with Crippen LogP contribution in [0.3, 0.4) is 0 Å². The van der Waals surface area contributed by atoms with E-state index in [4.69, 9.17) is 5.26 Å². The Kier molecular flexibility index (Phi) is 2.99. The van der Waals surface area contributed by atoms with Crippen molar-refractivity contribution in [2.75, 3.05) is 0 Å². The van der Waals surface area contributed by atoms with Crippen LogP contribution in [0.5, 0.6) is 0 Å². The minimum Gasteiger partial charge on any atom is -0.239 e. The Balaban J connectivity index is 2.68. The van der Waals surface area contributed by atoms with Gasteiger partial charge in [0.2, 0.25) is 9.84 Å². The van der Waals surface area contributed by atoms with Gasteiger partial charge in [0.1, 0.15) is 6.07 Å². The molecule has 0 amide bonds. The lowest BCUT2D eigenvalue weighted by molar-refractivity contribution is 0.597. The highest BCUT2D eigenvalue weighted by molar-refractivity contribution is 7.94. The summed E-state index contributed by atoms with van der Waals surface area (Å²) in [5, 5.41) is 9.67. The van der Waals surface area contributed by atoms with Crippen LogP contribution in [0.25, 0.3) is 0 Å². The molecule has 0 atom stereocenters. The predicted molar refractivity (Wildman–Crippen MR) is 63.0 cm³/mol. The van der Waals surface area contributed by atoms with Gasteiger partial charge < -0.3 is 0 Å². The van der Waals surface area contributed by atoms with Gasteiger partial charge >= 0.3 is 0 Å². The Bertz CT molecular complexity index is 612. The van der Waals surface area contributed by atoms with Gasteiger partial charge in [0.05, 0.1) is 5.56 Å². The molecule has 0 unspecified atom stereocenters. The largest absolute Gasteiger partial charge is 0.239 e. The fourth-order valence-corrected chi connectivity index (χ4v) is 2.80. The Morgan fingerprint density at radius 2 is 2.12 bits per heavy atom. The Labute approximate surface area is 101 Å². The highest BCUT2D eigenvalue weighted by Gasteiger charge is 2.21. The van der Waals surface area contributed by atoms with Gasteiger partial charge in [-0.05, 0) is 37.3 Å². The van der Waals surface area contributed by atoms with Crippen molar-refractivity contribution in [3.05, 3.63) is 34.9 Å². The van der Waals surface area contributed by atoms with E-state index in [2.05, 4.69) is 11.6 Å². The van der Waals surface area contributed by atoms with Gasteiger partial charge in [-0.2, -0.15) is 5.26 Å². The third-order valence-corrected chi connectivity index (χ3v) is 4.16. The monoisotopic (exact) mass is 248 g/mol. The van der Waals surface area contributed by atoms with Gasteiger partial charge in [-0.15, -0.1) is 0 Å². The van der Waals surface area contributed by atoms with Crippen molar-refractivity contribution in [3.63, 3.8) is 0 Å². The van der Waals surface area contributed by atoms with Crippen molar-refractivity contribution in [1.82, 2.24) is 4.98 Å². The van der Waals surface area contributed by atoms with Crippen molar-refractivity contribution in [2.45, 2.75) is 30.7 Å². The van der Waals surface area contributed by atoms with Gasteiger partial charge in [-0.25, -0.2) is 13.4 Å². The van der Waals surface area contributed by atoms with Crippen molar-refractivity contribution >= 4 is 9.84 Å². The Hall–Kier alpha value is -1.67. The topological polar surface area (TPSA) is 70.8 Å². The van der Waals surface area contributed by atoms with Crippen LogP contribution in [0.15, 0.2) is 23.1 Å². The van der Waals surface area contributed by atoms with Crippen LogP contribution in [0.2, 0.25) is 0 Å². The molecule has 0 aromatic carbocycles. The number of hydrogen-bond donors (Lipinski definition) is 0. The quantitative estimate of drug-likeness (QED) is 0.799. The van der Waals surface area contributed by atoms with E-state index >= 15 is 0 Å². The lowest BCUT2D eigenvalue weighted by Gasteiger charge is -2.15. The molecule has 0 saturated carbocycles. The number of nitriles is 1. The molecule has 1 aromatic heterocycles. The summed E-state index contributed by atoms with van der Waals surface area (Å²) in [5.74, 6) is 0. The molecule has 1 aromatic rings. The molecule has 1 aliphatic carbocycles. The van der Waals surface area contributed by atoms with Crippen molar-refractivity contribution < 1.29 is 8.42 Å². The first-order valence-electron chi connectivity index (χ1n) is 5.39. The van der Waals surface area contributed by atoms with E-state index in [1.807, 2.05) is 6.07 Å². The first kappa shape index (κ1) is 11.8. The van der Waals surface area contributed by atoms with Gasteiger partial charge in [0.15, 0.2) is 5.03 Å². The number of aryl methyl sites for hydroxylation is 2. The fraction of sp³-hybridized carbons (Fsp3) is 0.333. The second-order valence-electron chi connectivity index (χ2n) is 3.98. The molecule has 1 aliphatic rings. The number of rotatable bonds is 2. The number of nitrogens with zero attached hydrogens (tertiary/aromatic N) is 2. The zero-order chi connectivity index (χ0) is 12.5. The lowest BCUT2D eigenvalue weighted by atomic mass is 9.95. The average molecular weight is 248 g/mol. The SMILES string of the molecule is C=CS(=O)(=O)c1nc2c(cc1C#N)CCCC2. The molecule has 0 fully saturated rings. The van der Waals surface area contributed by atoms with Crippen LogP contribution in [0.4, 0.5) is 0 Å². The minimum absolute atomic E-state index is 0.116. The van der Waals surface area contributed by atoms with Gasteiger partial charge in [-0.3, -0.25) is 0 Å². The summed E-state index contributed by atoms with van der Waals surface area (Å²) in [6.07, 6.45) is 3.72. The molecular formula is C12H12N2O2S. The summed E-state index contributed by atoms with van der Waals surface area (Å²) >= 11 is 0. The van der Waals surface area contributed by atoms with Crippen LogP contribution in [0.1, 0.15) is 29.7 Å². The molecule has 0 aliphatic heterocycles. The van der Waals surface area contributed by atoms with Crippen molar-refractivity contribution in [2.24, 2.45) is 0 Å². The summed E-state index contributed by atoms with van der Waals surface area (Å²) in [6, 6.07) is 3.55. The molecule has 5 heteroatoms. The zero-order valence-electron chi connectivity index (χ0n) is 9.31. The van der Waals surface area contributed by atoms with E-state index in [0.717, 1.165) is 42.3 Å². The maximum absolute atomic E-state index is 11.7. The fourth-order valence-electron chi connectivity index (χ4n) is 1.99. The van der Waals surface area contributed by atoms with Crippen molar-refractivity contribution in [1.29, 1.82) is 5.26 Å². The summed E-state index contributed by atoms with van der Waals surface area (Å²) < 4.78 is 23.5. The standard InChI is InChI=1S/C12H12N2O2S/c1-2-17(15,16)12-10(8-13)7-9-5-3-4-6-11(9)14-12/h2,7H,1,3-6H2. The van der Waals surface area contributed by atoms with E-state index in [0.29, 0.717) is 0 Å². The third-order valence-electron chi connectivity index (χ3n) is 2.88. The third kappa shape index (κ3) is 2.08. The summed E-state index contributed by atoms with van der Waals surface area (Å²) in [4.78, 5) is 4.14. The van der Waals surface area contributed by atoms with Gasteiger partial charge in [-0.1, -0.05) is 6.58 Å². The molecule has 4 nitrogen and oxygen atoms in total. The molecule has 2 rings (SSSR count). The molecule has 0 saturated heterocycles. The Morgan fingerprint density at radius 1 is 1.41 bits per heavy atom. The normalized spacial score (nSPS) is 14.8. The molecule has 0 spiro atoms. The summed E-state index contributed by atoms with van der Waals surface area (Å²) in [6.45, 7) is 3.26. The molecule has 0 bridgehead atoms. The highest BCUT2D eigenvalue weighted by atomic mass is 32.2. The highest BCUT2D eigenvalue weighted by Crippen LogP contribution is 2.24. The smallest absolute Gasteiger partial charge is 0.217 e. The minimum atomic E-state index is -3.64. The number of pyridine rings is 1. The number of fused-ring (bicyclic) bond motifs is 1. The summed E-state index contributed by atoms with van der Waals surface area (Å²) in [7, 11) is -3.64. The number of aromatic nitrogens is 1. The molecule has 0 N–H and O–H groups in total.